The van der Waals surface area contributed by atoms with Crippen LogP contribution in [0.25, 0.3) is 0 Å². The number of nitrogens with one attached hydrogen (secondary N) is 1. The molecule has 0 radical (unpaired) electrons. The van der Waals surface area contributed by atoms with E-state index < -0.39 is 0 Å². The quantitative estimate of drug-likeness (QED) is 0.763. The first-order valence-corrected chi connectivity index (χ1v) is 10.3. The van der Waals surface area contributed by atoms with Gasteiger partial charge in [-0.2, -0.15) is 0 Å². The number of carbonyl (C=O) groups excluding carboxylic acids is 2. The van der Waals surface area contributed by atoms with Gasteiger partial charge in [0.15, 0.2) is 0 Å². The van der Waals surface area contributed by atoms with Gasteiger partial charge in [0.1, 0.15) is 5.75 Å². The Bertz CT molecular complexity index is 841. The van der Waals surface area contributed by atoms with E-state index in [0.29, 0.717) is 19.0 Å². The fourth-order valence-corrected chi connectivity index (χ4v) is 3.46. The van der Waals surface area contributed by atoms with Crippen LogP contribution in [-0.2, 0) is 16.1 Å². The van der Waals surface area contributed by atoms with Crippen molar-refractivity contribution in [3.05, 3.63) is 59.7 Å². The van der Waals surface area contributed by atoms with E-state index in [4.69, 9.17) is 4.74 Å². The molecule has 0 aromatic heterocycles. The molecule has 0 aliphatic carbocycles. The second kappa shape index (κ2) is 9.12. The maximum absolute atomic E-state index is 12.6. The first-order valence-electron chi connectivity index (χ1n) is 10.3. The van der Waals surface area contributed by atoms with Gasteiger partial charge in [-0.3, -0.25) is 9.59 Å². The Morgan fingerprint density at radius 1 is 1.07 bits per heavy atom. The van der Waals surface area contributed by atoms with E-state index in [1.807, 2.05) is 50.2 Å². The van der Waals surface area contributed by atoms with Gasteiger partial charge in [0, 0.05) is 25.2 Å². The third-order valence-corrected chi connectivity index (χ3v) is 5.13. The topological polar surface area (TPSA) is 58.6 Å². The number of benzene rings is 2. The lowest BCUT2D eigenvalue weighted by atomic mass is 10.0. The van der Waals surface area contributed by atoms with Crippen molar-refractivity contribution < 1.29 is 14.3 Å². The fourth-order valence-electron chi connectivity index (χ4n) is 3.46. The summed E-state index contributed by atoms with van der Waals surface area (Å²) in [6.45, 7) is 9.14. The predicted octanol–water partition coefficient (Wildman–Crippen LogP) is 4.27. The van der Waals surface area contributed by atoms with Crippen LogP contribution < -0.4 is 15.0 Å². The van der Waals surface area contributed by atoms with Gasteiger partial charge in [-0.1, -0.05) is 38.1 Å². The highest BCUT2D eigenvalue weighted by Gasteiger charge is 2.35. The lowest BCUT2D eigenvalue weighted by Crippen LogP contribution is -2.32. The fraction of sp³-hybridized carbons (Fsp3) is 0.417. The zero-order valence-corrected chi connectivity index (χ0v) is 17.6. The van der Waals surface area contributed by atoms with Crippen molar-refractivity contribution in [1.29, 1.82) is 0 Å². The molecule has 2 amide bonds. The van der Waals surface area contributed by atoms with Crippen molar-refractivity contribution in [2.45, 2.75) is 52.7 Å². The summed E-state index contributed by atoms with van der Waals surface area (Å²) < 4.78 is 5.64. The lowest BCUT2D eigenvalue weighted by Gasteiger charge is -2.18. The van der Waals surface area contributed by atoms with Crippen molar-refractivity contribution in [1.82, 2.24) is 5.32 Å². The molecule has 0 unspecified atom stereocenters. The number of nitrogens with zero attached hydrogens (tertiary/aromatic N) is 1. The predicted molar refractivity (Wildman–Crippen MR) is 115 cm³/mol. The van der Waals surface area contributed by atoms with Gasteiger partial charge in [0.2, 0.25) is 11.8 Å². The Labute approximate surface area is 173 Å². The molecular weight excluding hydrogens is 364 g/mol. The molecule has 154 valence electrons. The first-order chi connectivity index (χ1) is 13.8. The van der Waals surface area contributed by atoms with Gasteiger partial charge in [-0.25, -0.2) is 0 Å². The molecule has 1 fully saturated rings. The standard InChI is InChI=1S/C24H30N2O3/c1-16(2)19-7-5-18(6-8-19)14-25-24(28)20-13-23(27)26(15-20)21-9-11-22(12-10-21)29-17(3)4/h5-12,16-17,20H,13-15H2,1-4H3,(H,25,28)/t20-/m0/s1. The van der Waals surface area contributed by atoms with Gasteiger partial charge in [-0.15, -0.1) is 0 Å². The van der Waals surface area contributed by atoms with E-state index in [0.717, 1.165) is 17.0 Å². The van der Waals surface area contributed by atoms with Crippen LogP contribution in [0.3, 0.4) is 0 Å². The van der Waals surface area contributed by atoms with Crippen LogP contribution in [0.5, 0.6) is 5.75 Å². The zero-order chi connectivity index (χ0) is 21.0. The van der Waals surface area contributed by atoms with Crippen LogP contribution in [0.1, 0.15) is 51.2 Å². The van der Waals surface area contributed by atoms with Gasteiger partial charge in [0.05, 0.1) is 12.0 Å². The number of hydrogen-bond donors (Lipinski definition) is 1. The summed E-state index contributed by atoms with van der Waals surface area (Å²) in [5.74, 6) is 0.829. The minimum atomic E-state index is -0.330. The van der Waals surface area contributed by atoms with Gasteiger partial charge < -0.3 is 15.0 Å². The van der Waals surface area contributed by atoms with Crippen LogP contribution in [-0.4, -0.2) is 24.5 Å². The summed E-state index contributed by atoms with van der Waals surface area (Å²) in [4.78, 5) is 26.7. The monoisotopic (exact) mass is 394 g/mol. The molecule has 2 aromatic carbocycles. The summed E-state index contributed by atoms with van der Waals surface area (Å²) in [6.07, 6.45) is 0.339. The average molecular weight is 395 g/mol. The molecule has 29 heavy (non-hydrogen) atoms. The van der Waals surface area contributed by atoms with Crippen molar-refractivity contribution in [3.8, 4) is 5.75 Å². The molecule has 0 saturated carbocycles. The minimum absolute atomic E-state index is 0.0241. The van der Waals surface area contributed by atoms with Crippen LogP contribution in [0, 0.1) is 5.92 Å². The summed E-state index contributed by atoms with van der Waals surface area (Å²) >= 11 is 0. The molecule has 5 heteroatoms. The van der Waals surface area contributed by atoms with Gasteiger partial charge in [0.25, 0.3) is 0 Å². The third-order valence-electron chi connectivity index (χ3n) is 5.13. The molecule has 0 bridgehead atoms. The van der Waals surface area contributed by atoms with E-state index >= 15 is 0 Å². The van der Waals surface area contributed by atoms with Crippen molar-refractivity contribution >= 4 is 17.5 Å². The molecule has 0 spiro atoms. The average Bonchev–Trinajstić information content (AvgIpc) is 3.08. The highest BCUT2D eigenvalue weighted by Crippen LogP contribution is 2.27. The summed E-state index contributed by atoms with van der Waals surface area (Å²) in [5, 5.41) is 2.98. The first kappa shape index (κ1) is 20.9. The van der Waals surface area contributed by atoms with Crippen molar-refractivity contribution in [2.24, 2.45) is 5.92 Å². The Hall–Kier alpha value is -2.82. The molecule has 1 heterocycles. The second-order valence-corrected chi connectivity index (χ2v) is 8.18. The Morgan fingerprint density at radius 3 is 2.31 bits per heavy atom. The summed E-state index contributed by atoms with van der Waals surface area (Å²) in [7, 11) is 0. The Morgan fingerprint density at radius 2 is 1.72 bits per heavy atom. The molecule has 2 aromatic rings. The molecular formula is C24H30N2O3. The SMILES string of the molecule is CC(C)Oc1ccc(N2C[C@@H](C(=O)NCc3ccc(C(C)C)cc3)CC2=O)cc1. The minimum Gasteiger partial charge on any atom is -0.491 e. The summed E-state index contributed by atoms with van der Waals surface area (Å²) in [5.41, 5.74) is 3.14. The second-order valence-electron chi connectivity index (χ2n) is 8.18. The van der Waals surface area contributed by atoms with Crippen LogP contribution in [0.4, 0.5) is 5.69 Å². The number of anilines is 1. The van der Waals surface area contributed by atoms with Crippen LogP contribution in [0.2, 0.25) is 0 Å². The number of amides is 2. The molecule has 1 atom stereocenters. The highest BCUT2D eigenvalue weighted by atomic mass is 16.5. The van der Waals surface area contributed by atoms with Crippen LogP contribution in [0.15, 0.2) is 48.5 Å². The maximum atomic E-state index is 12.6. The molecule has 1 aliphatic heterocycles. The molecule has 1 saturated heterocycles. The van der Waals surface area contributed by atoms with E-state index in [9.17, 15) is 9.59 Å². The molecule has 1 aliphatic rings. The van der Waals surface area contributed by atoms with Gasteiger partial charge in [-0.05, 0) is 55.2 Å². The lowest BCUT2D eigenvalue weighted by molar-refractivity contribution is -0.126. The molecule has 3 rings (SSSR count). The number of rotatable bonds is 7. The van der Waals surface area contributed by atoms with Crippen LogP contribution >= 0.6 is 0 Å². The molecule has 5 nitrogen and oxygen atoms in total. The number of hydrogen-bond acceptors (Lipinski definition) is 3. The smallest absolute Gasteiger partial charge is 0.227 e. The number of carbonyl (C=O) groups is 2. The summed E-state index contributed by atoms with van der Waals surface area (Å²) in [6, 6.07) is 15.7. The van der Waals surface area contributed by atoms with Gasteiger partial charge >= 0.3 is 0 Å². The Balaban J connectivity index is 1.55. The molecule has 1 N–H and O–H groups in total. The van der Waals surface area contributed by atoms with Crippen molar-refractivity contribution in [3.63, 3.8) is 0 Å². The van der Waals surface area contributed by atoms with E-state index in [2.05, 4.69) is 31.3 Å². The maximum Gasteiger partial charge on any atom is 0.227 e. The normalized spacial score (nSPS) is 16.6. The largest absolute Gasteiger partial charge is 0.491 e. The third kappa shape index (κ3) is 5.37. The van der Waals surface area contributed by atoms with E-state index in [1.54, 1.807) is 4.90 Å². The van der Waals surface area contributed by atoms with E-state index in [1.165, 1.54) is 5.56 Å². The highest BCUT2D eigenvalue weighted by molar-refractivity contribution is 6.00. The zero-order valence-electron chi connectivity index (χ0n) is 17.6. The Kier molecular flexibility index (Phi) is 6.57. The van der Waals surface area contributed by atoms with Crippen molar-refractivity contribution in [2.75, 3.05) is 11.4 Å². The van der Waals surface area contributed by atoms with E-state index in [-0.39, 0.29) is 30.3 Å². The number of ether oxygens (including phenoxy) is 1.